The van der Waals surface area contributed by atoms with E-state index in [1.54, 1.807) is 12.1 Å². The molecule has 0 fully saturated rings. The first-order valence-electron chi connectivity index (χ1n) is 4.33. The topological polar surface area (TPSA) is 46.5 Å². The summed E-state index contributed by atoms with van der Waals surface area (Å²) in [5, 5.41) is 3.02. The summed E-state index contributed by atoms with van der Waals surface area (Å²) in [4.78, 5) is 20.3. The summed E-state index contributed by atoms with van der Waals surface area (Å²) in [6.45, 7) is 0. The second-order valence-electron chi connectivity index (χ2n) is 2.97. The van der Waals surface area contributed by atoms with Gasteiger partial charge < -0.3 is 0 Å². The lowest BCUT2D eigenvalue weighted by Gasteiger charge is -1.98. The van der Waals surface area contributed by atoms with E-state index >= 15 is 0 Å². The van der Waals surface area contributed by atoms with Gasteiger partial charge in [-0.3, -0.25) is 4.79 Å². The van der Waals surface area contributed by atoms with E-state index in [-0.39, 0.29) is 6.42 Å². The van der Waals surface area contributed by atoms with Crippen molar-refractivity contribution < 1.29 is 4.79 Å². The molecule has 0 spiro atoms. The average Bonchev–Trinajstić information content (AvgIpc) is 2.21. The molecule has 14 heavy (non-hydrogen) atoms. The van der Waals surface area contributed by atoms with E-state index in [9.17, 15) is 9.70 Å². The molecule has 0 heterocycles. The van der Waals surface area contributed by atoms with Gasteiger partial charge in [-0.15, -0.1) is 4.91 Å². The number of benzene rings is 1. The molecule has 0 aromatic heterocycles. The first-order chi connectivity index (χ1) is 6.72. The Morgan fingerprint density at radius 2 is 1.93 bits per heavy atom. The van der Waals surface area contributed by atoms with Crippen molar-refractivity contribution in [2.75, 3.05) is 0 Å². The quantitative estimate of drug-likeness (QED) is 0.719. The molecule has 0 unspecified atom stereocenters. The normalized spacial score (nSPS) is 9.79. The van der Waals surface area contributed by atoms with Gasteiger partial charge in [0.05, 0.1) is 0 Å². The third-order valence-corrected chi connectivity index (χ3v) is 2.12. The molecule has 0 aliphatic heterocycles. The molecule has 0 radical (unpaired) electrons. The number of amides is 1. The molecule has 0 aliphatic carbocycles. The van der Waals surface area contributed by atoms with Gasteiger partial charge >= 0.3 is 0 Å². The summed E-state index contributed by atoms with van der Waals surface area (Å²) in [5.74, 6) is -0.584. The van der Waals surface area contributed by atoms with Crippen LogP contribution >= 0.6 is 11.6 Å². The van der Waals surface area contributed by atoms with Crippen molar-refractivity contribution in [3.63, 3.8) is 0 Å². The van der Waals surface area contributed by atoms with Crippen LogP contribution in [0.2, 0.25) is 5.02 Å². The smallest absolute Gasteiger partial charge is 0.269 e. The molecule has 0 bridgehead atoms. The van der Waals surface area contributed by atoms with Gasteiger partial charge in [0.15, 0.2) is 0 Å². The van der Waals surface area contributed by atoms with Crippen LogP contribution in [0.1, 0.15) is 18.4 Å². The summed E-state index contributed by atoms with van der Waals surface area (Å²) < 4.78 is 0. The zero-order chi connectivity index (χ0) is 10.4. The highest BCUT2D eigenvalue weighted by atomic mass is 35.5. The van der Waals surface area contributed by atoms with Crippen LogP contribution in [-0.2, 0) is 11.2 Å². The molecule has 1 aromatic rings. The van der Waals surface area contributed by atoms with Crippen molar-refractivity contribution in [3.05, 3.63) is 39.8 Å². The molecule has 3 nitrogen and oxygen atoms in total. The first-order valence-corrected chi connectivity index (χ1v) is 4.71. The highest BCUT2D eigenvalue weighted by Gasteiger charge is 2.00. The van der Waals surface area contributed by atoms with Gasteiger partial charge in [-0.25, -0.2) is 0 Å². The summed E-state index contributed by atoms with van der Waals surface area (Å²) in [7, 11) is 0. The Morgan fingerprint density at radius 3 is 2.50 bits per heavy atom. The Labute approximate surface area is 87.1 Å². The lowest BCUT2D eigenvalue weighted by atomic mass is 10.1. The van der Waals surface area contributed by atoms with Crippen LogP contribution in [0.15, 0.2) is 29.4 Å². The highest BCUT2D eigenvalue weighted by Crippen LogP contribution is 2.11. The summed E-state index contributed by atoms with van der Waals surface area (Å²) >= 11 is 5.71. The molecule has 1 aromatic carbocycles. The molecule has 1 rings (SSSR count). The van der Waals surface area contributed by atoms with E-state index in [1.807, 2.05) is 12.1 Å². The summed E-state index contributed by atoms with van der Waals surface area (Å²) in [6.07, 6.45) is 1.62. The number of carbonyl (C=O) groups is 1. The van der Waals surface area contributed by atoms with Crippen molar-refractivity contribution in [3.8, 4) is 0 Å². The van der Waals surface area contributed by atoms with Gasteiger partial charge in [-0.1, -0.05) is 23.7 Å². The van der Waals surface area contributed by atoms with E-state index in [2.05, 4.69) is 5.18 Å². The number of nitrogens with zero attached hydrogens (tertiary/aromatic N) is 1. The molecule has 0 N–H and O–H groups in total. The minimum atomic E-state index is -0.584. The number of nitroso groups, excluding NO2 is 1. The highest BCUT2D eigenvalue weighted by molar-refractivity contribution is 6.30. The minimum Gasteiger partial charge on any atom is -0.269 e. The Kier molecular flexibility index (Phi) is 4.26. The summed E-state index contributed by atoms with van der Waals surface area (Å²) in [6, 6.07) is 7.41. The Hall–Kier alpha value is -1.22. The van der Waals surface area contributed by atoms with E-state index in [0.29, 0.717) is 11.4 Å². The fourth-order valence-corrected chi connectivity index (χ4v) is 1.27. The SMILES string of the molecule is O=NC(=O)CCCc1ccc(Cl)cc1. The number of hydrogen-bond donors (Lipinski definition) is 0. The van der Waals surface area contributed by atoms with Crippen molar-refractivity contribution in [2.45, 2.75) is 19.3 Å². The molecule has 74 valence electrons. The second kappa shape index (κ2) is 5.50. The molecule has 0 saturated carbocycles. The van der Waals surface area contributed by atoms with Crippen LogP contribution in [0.25, 0.3) is 0 Å². The molecule has 4 heteroatoms. The number of hydrogen-bond acceptors (Lipinski definition) is 2. The molecule has 0 saturated heterocycles. The van der Waals surface area contributed by atoms with E-state index in [1.165, 1.54) is 0 Å². The molecule has 0 aliphatic rings. The van der Waals surface area contributed by atoms with Crippen molar-refractivity contribution in [1.29, 1.82) is 0 Å². The molecule has 1 amide bonds. The van der Waals surface area contributed by atoms with Crippen molar-refractivity contribution >= 4 is 17.5 Å². The fraction of sp³-hybridized carbons (Fsp3) is 0.300. The van der Waals surface area contributed by atoms with Crippen LogP contribution in [-0.4, -0.2) is 5.91 Å². The predicted molar refractivity (Wildman–Crippen MR) is 55.2 cm³/mol. The maximum absolute atomic E-state index is 10.6. The van der Waals surface area contributed by atoms with Gasteiger partial charge in [0.2, 0.25) is 0 Å². The van der Waals surface area contributed by atoms with Crippen molar-refractivity contribution in [1.82, 2.24) is 0 Å². The fourth-order valence-electron chi connectivity index (χ4n) is 1.14. The zero-order valence-electron chi connectivity index (χ0n) is 7.57. The standard InChI is InChI=1S/C10H10ClNO2/c11-9-6-4-8(5-7-9)2-1-3-10(13)12-14/h4-7H,1-3H2. The van der Waals surface area contributed by atoms with Crippen LogP contribution in [0, 0.1) is 4.91 Å². The van der Waals surface area contributed by atoms with Crippen LogP contribution < -0.4 is 0 Å². The van der Waals surface area contributed by atoms with Crippen molar-refractivity contribution in [2.24, 2.45) is 5.18 Å². The number of halogens is 1. The lowest BCUT2D eigenvalue weighted by molar-refractivity contribution is -0.118. The van der Waals surface area contributed by atoms with Crippen LogP contribution in [0.4, 0.5) is 0 Å². The zero-order valence-corrected chi connectivity index (χ0v) is 8.33. The monoisotopic (exact) mass is 211 g/mol. The van der Waals surface area contributed by atoms with Gasteiger partial charge in [-0.2, -0.15) is 0 Å². The van der Waals surface area contributed by atoms with E-state index in [4.69, 9.17) is 11.6 Å². The third kappa shape index (κ3) is 3.66. The van der Waals surface area contributed by atoms with Crippen LogP contribution in [0.3, 0.4) is 0 Å². The van der Waals surface area contributed by atoms with E-state index < -0.39 is 5.91 Å². The minimum absolute atomic E-state index is 0.214. The van der Waals surface area contributed by atoms with Gasteiger partial charge in [0.1, 0.15) is 0 Å². The number of aryl methyl sites for hydroxylation is 1. The average molecular weight is 212 g/mol. The maximum Gasteiger partial charge on any atom is 0.286 e. The first kappa shape index (κ1) is 10.9. The number of carbonyl (C=O) groups excluding carboxylic acids is 1. The van der Waals surface area contributed by atoms with Crippen LogP contribution in [0.5, 0.6) is 0 Å². The maximum atomic E-state index is 10.6. The van der Waals surface area contributed by atoms with Gasteiger partial charge in [0, 0.05) is 16.6 Å². The Morgan fingerprint density at radius 1 is 1.29 bits per heavy atom. The largest absolute Gasteiger partial charge is 0.286 e. The number of rotatable bonds is 4. The summed E-state index contributed by atoms with van der Waals surface area (Å²) in [5.41, 5.74) is 1.10. The molecular weight excluding hydrogens is 202 g/mol. The third-order valence-electron chi connectivity index (χ3n) is 1.87. The van der Waals surface area contributed by atoms with Gasteiger partial charge in [-0.05, 0) is 30.5 Å². The second-order valence-corrected chi connectivity index (χ2v) is 3.40. The predicted octanol–water partition coefficient (Wildman–Crippen LogP) is 2.96. The Bertz CT molecular complexity index is 321. The van der Waals surface area contributed by atoms with Gasteiger partial charge in [0.25, 0.3) is 5.91 Å². The van der Waals surface area contributed by atoms with E-state index in [0.717, 1.165) is 12.0 Å². The lowest BCUT2D eigenvalue weighted by Crippen LogP contribution is -1.93. The molecular formula is C10H10ClNO2. The Balaban J connectivity index is 2.35. The molecule has 0 atom stereocenters.